The molecule has 0 radical (unpaired) electrons. The Morgan fingerprint density at radius 1 is 1.47 bits per heavy atom. The van der Waals surface area contributed by atoms with Gasteiger partial charge in [0.1, 0.15) is 5.75 Å². The van der Waals surface area contributed by atoms with Gasteiger partial charge in [-0.2, -0.15) is 0 Å². The lowest BCUT2D eigenvalue weighted by atomic mass is 10.1. The minimum absolute atomic E-state index is 0.0623. The minimum atomic E-state index is -0.366. The molecule has 2 rings (SSSR count). The monoisotopic (exact) mass is 263 g/mol. The van der Waals surface area contributed by atoms with Crippen LogP contribution in [0.5, 0.6) is 5.75 Å². The summed E-state index contributed by atoms with van der Waals surface area (Å²) in [5.74, 6) is 0.890. The number of hydrogen-bond donors (Lipinski definition) is 1. The molecular weight excluding hydrogens is 242 g/mol. The molecule has 0 bridgehead atoms. The summed E-state index contributed by atoms with van der Waals surface area (Å²) in [5.41, 5.74) is 1.07. The van der Waals surface area contributed by atoms with Crippen molar-refractivity contribution >= 4 is 5.91 Å². The highest BCUT2D eigenvalue weighted by Gasteiger charge is 2.21. The molecule has 1 atom stereocenters. The van der Waals surface area contributed by atoms with Gasteiger partial charge in [-0.25, -0.2) is 0 Å². The van der Waals surface area contributed by atoms with Crippen molar-refractivity contribution in [2.24, 2.45) is 0 Å². The molecule has 19 heavy (non-hydrogen) atoms. The van der Waals surface area contributed by atoms with E-state index in [9.17, 15) is 9.90 Å². The quantitative estimate of drug-likeness (QED) is 0.900. The summed E-state index contributed by atoms with van der Waals surface area (Å²) >= 11 is 0. The molecule has 0 saturated carbocycles. The van der Waals surface area contributed by atoms with Crippen LogP contribution < -0.4 is 4.74 Å². The SMILES string of the molecule is Cc1ccccc1OCCC(=O)N1CCCC(O)C1. The summed E-state index contributed by atoms with van der Waals surface area (Å²) in [4.78, 5) is 13.7. The van der Waals surface area contributed by atoms with E-state index in [-0.39, 0.29) is 12.0 Å². The molecule has 1 saturated heterocycles. The highest BCUT2D eigenvalue weighted by atomic mass is 16.5. The Morgan fingerprint density at radius 2 is 2.26 bits per heavy atom. The maximum absolute atomic E-state index is 12.0. The van der Waals surface area contributed by atoms with Crippen LogP contribution in [0.2, 0.25) is 0 Å². The second kappa shape index (κ2) is 6.57. The van der Waals surface area contributed by atoms with E-state index in [1.165, 1.54) is 0 Å². The van der Waals surface area contributed by atoms with Crippen molar-refractivity contribution in [1.82, 2.24) is 4.90 Å². The number of piperidine rings is 1. The van der Waals surface area contributed by atoms with E-state index in [0.717, 1.165) is 30.7 Å². The van der Waals surface area contributed by atoms with Crippen LogP contribution in [0.4, 0.5) is 0 Å². The molecule has 0 aromatic heterocycles. The van der Waals surface area contributed by atoms with Crippen LogP contribution in [0.1, 0.15) is 24.8 Å². The molecule has 1 amide bonds. The first-order valence-electron chi connectivity index (χ1n) is 6.81. The van der Waals surface area contributed by atoms with Crippen molar-refractivity contribution < 1.29 is 14.6 Å². The summed E-state index contributed by atoms with van der Waals surface area (Å²) < 4.78 is 5.62. The first kappa shape index (κ1) is 13.9. The number of nitrogens with zero attached hydrogens (tertiary/aromatic N) is 1. The Bertz CT molecular complexity index is 433. The van der Waals surface area contributed by atoms with Gasteiger partial charge in [0.05, 0.1) is 19.1 Å². The van der Waals surface area contributed by atoms with Crippen molar-refractivity contribution in [3.05, 3.63) is 29.8 Å². The molecule has 1 N–H and O–H groups in total. The van der Waals surface area contributed by atoms with Crippen molar-refractivity contribution in [1.29, 1.82) is 0 Å². The predicted molar refractivity (Wildman–Crippen MR) is 73.1 cm³/mol. The van der Waals surface area contributed by atoms with Gasteiger partial charge >= 0.3 is 0 Å². The number of rotatable bonds is 4. The number of aliphatic hydroxyl groups is 1. The minimum Gasteiger partial charge on any atom is -0.493 e. The van der Waals surface area contributed by atoms with Gasteiger partial charge in [-0.3, -0.25) is 4.79 Å². The molecule has 1 heterocycles. The Kier molecular flexibility index (Phi) is 4.80. The third kappa shape index (κ3) is 3.96. The van der Waals surface area contributed by atoms with Gasteiger partial charge in [0.15, 0.2) is 0 Å². The summed E-state index contributed by atoms with van der Waals surface area (Å²) in [6, 6.07) is 7.77. The van der Waals surface area contributed by atoms with Crippen LogP contribution in [-0.2, 0) is 4.79 Å². The largest absolute Gasteiger partial charge is 0.493 e. The molecule has 4 nitrogen and oxygen atoms in total. The van der Waals surface area contributed by atoms with Gasteiger partial charge in [0, 0.05) is 13.1 Å². The molecule has 0 aliphatic carbocycles. The fourth-order valence-electron chi connectivity index (χ4n) is 2.31. The average molecular weight is 263 g/mol. The van der Waals surface area contributed by atoms with Gasteiger partial charge in [-0.1, -0.05) is 18.2 Å². The van der Waals surface area contributed by atoms with E-state index < -0.39 is 0 Å². The second-order valence-electron chi connectivity index (χ2n) is 5.00. The molecule has 1 aromatic rings. The standard InChI is InChI=1S/C15H21NO3/c1-12-5-2-3-7-14(12)19-10-8-15(18)16-9-4-6-13(17)11-16/h2-3,5,7,13,17H,4,6,8-11H2,1H3. The van der Waals surface area contributed by atoms with E-state index in [0.29, 0.717) is 19.6 Å². The number of carbonyl (C=O) groups is 1. The number of benzene rings is 1. The lowest BCUT2D eigenvalue weighted by Crippen LogP contribution is -2.42. The predicted octanol–water partition coefficient (Wildman–Crippen LogP) is 1.75. The van der Waals surface area contributed by atoms with Crippen molar-refractivity contribution in [2.45, 2.75) is 32.3 Å². The Hall–Kier alpha value is -1.55. The molecule has 1 unspecified atom stereocenters. The number of aryl methyl sites for hydroxylation is 1. The third-order valence-electron chi connectivity index (χ3n) is 3.42. The van der Waals surface area contributed by atoms with Gasteiger partial charge in [-0.15, -0.1) is 0 Å². The molecule has 1 aromatic carbocycles. The Labute approximate surface area is 114 Å². The first-order valence-corrected chi connectivity index (χ1v) is 6.81. The topological polar surface area (TPSA) is 49.8 Å². The van der Waals surface area contributed by atoms with E-state index >= 15 is 0 Å². The maximum atomic E-state index is 12.0. The number of likely N-dealkylation sites (tertiary alicyclic amines) is 1. The van der Waals surface area contributed by atoms with Crippen LogP contribution in [-0.4, -0.2) is 41.7 Å². The average Bonchev–Trinajstić information content (AvgIpc) is 2.41. The molecule has 104 valence electrons. The van der Waals surface area contributed by atoms with Crippen LogP contribution >= 0.6 is 0 Å². The van der Waals surface area contributed by atoms with E-state index in [1.807, 2.05) is 31.2 Å². The normalized spacial score (nSPS) is 19.3. The van der Waals surface area contributed by atoms with Gasteiger partial charge in [0.25, 0.3) is 0 Å². The fraction of sp³-hybridized carbons (Fsp3) is 0.533. The third-order valence-corrected chi connectivity index (χ3v) is 3.42. The molecule has 1 fully saturated rings. The van der Waals surface area contributed by atoms with E-state index in [2.05, 4.69) is 0 Å². The Balaban J connectivity index is 1.76. The number of ether oxygens (including phenoxy) is 1. The summed E-state index contributed by atoms with van der Waals surface area (Å²) in [5, 5.41) is 9.54. The number of aliphatic hydroxyl groups excluding tert-OH is 1. The molecular formula is C15H21NO3. The number of hydrogen-bond acceptors (Lipinski definition) is 3. The van der Waals surface area contributed by atoms with Crippen LogP contribution in [0.3, 0.4) is 0 Å². The highest BCUT2D eigenvalue weighted by Crippen LogP contribution is 2.16. The van der Waals surface area contributed by atoms with Crippen molar-refractivity contribution in [3.63, 3.8) is 0 Å². The number of amides is 1. The number of carbonyl (C=O) groups excluding carboxylic acids is 1. The van der Waals surface area contributed by atoms with E-state index in [4.69, 9.17) is 4.74 Å². The highest BCUT2D eigenvalue weighted by molar-refractivity contribution is 5.76. The molecule has 1 aliphatic heterocycles. The molecule has 0 spiro atoms. The van der Waals surface area contributed by atoms with Gasteiger partial charge in [-0.05, 0) is 31.4 Å². The zero-order valence-corrected chi connectivity index (χ0v) is 11.3. The van der Waals surface area contributed by atoms with Gasteiger partial charge < -0.3 is 14.7 Å². The number of para-hydroxylation sites is 1. The van der Waals surface area contributed by atoms with Crippen LogP contribution in [0.15, 0.2) is 24.3 Å². The maximum Gasteiger partial charge on any atom is 0.226 e. The van der Waals surface area contributed by atoms with Crippen molar-refractivity contribution in [2.75, 3.05) is 19.7 Å². The van der Waals surface area contributed by atoms with Crippen LogP contribution in [0.25, 0.3) is 0 Å². The van der Waals surface area contributed by atoms with E-state index in [1.54, 1.807) is 4.90 Å². The van der Waals surface area contributed by atoms with Crippen LogP contribution in [0, 0.1) is 6.92 Å². The number of β-amino-alcohol motifs (C(OH)–C–C–N with tert-alkyl or cyclic N) is 1. The zero-order chi connectivity index (χ0) is 13.7. The molecule has 1 aliphatic rings. The second-order valence-corrected chi connectivity index (χ2v) is 5.00. The smallest absolute Gasteiger partial charge is 0.226 e. The molecule has 4 heteroatoms. The van der Waals surface area contributed by atoms with Gasteiger partial charge in [0.2, 0.25) is 5.91 Å². The zero-order valence-electron chi connectivity index (χ0n) is 11.3. The Morgan fingerprint density at radius 3 is 3.00 bits per heavy atom. The van der Waals surface area contributed by atoms with Crippen molar-refractivity contribution in [3.8, 4) is 5.75 Å². The summed E-state index contributed by atoms with van der Waals surface area (Å²) in [6.45, 7) is 3.58. The first-order chi connectivity index (χ1) is 9.16. The summed E-state index contributed by atoms with van der Waals surface area (Å²) in [6.07, 6.45) is 1.67. The summed E-state index contributed by atoms with van der Waals surface area (Å²) in [7, 11) is 0. The fourth-order valence-corrected chi connectivity index (χ4v) is 2.31. The lowest BCUT2D eigenvalue weighted by molar-refractivity contribution is -0.134. The lowest BCUT2D eigenvalue weighted by Gasteiger charge is -2.30.